The maximum absolute atomic E-state index is 13.4. The van der Waals surface area contributed by atoms with Crippen molar-refractivity contribution in [3.05, 3.63) is 65.7 Å². The van der Waals surface area contributed by atoms with Gasteiger partial charge in [0.1, 0.15) is 18.0 Å². The molecule has 1 heterocycles. The molecule has 7 heteroatoms. The number of nitrogens with one attached hydrogen (secondary N) is 2. The highest BCUT2D eigenvalue weighted by Gasteiger charge is 2.39. The molecule has 2 aromatic carbocycles. The molecule has 202 valence electrons. The van der Waals surface area contributed by atoms with Gasteiger partial charge in [0.2, 0.25) is 5.91 Å². The van der Waals surface area contributed by atoms with Crippen molar-refractivity contribution < 1.29 is 19.1 Å². The molecular weight excluding hydrogens is 466 g/mol. The average Bonchev–Trinajstić information content (AvgIpc) is 3.14. The molecule has 1 aliphatic heterocycles. The number of likely N-dealkylation sites (tertiary alicyclic amines) is 1. The summed E-state index contributed by atoms with van der Waals surface area (Å²) in [4.78, 5) is 28.0. The fourth-order valence-electron chi connectivity index (χ4n) is 4.57. The van der Waals surface area contributed by atoms with Crippen LogP contribution in [-0.2, 0) is 22.6 Å². The summed E-state index contributed by atoms with van der Waals surface area (Å²) in [7, 11) is 0. The predicted octanol–water partition coefficient (Wildman–Crippen LogP) is 5.08. The summed E-state index contributed by atoms with van der Waals surface area (Å²) in [6, 6.07) is 17.7. The van der Waals surface area contributed by atoms with Crippen molar-refractivity contribution in [2.45, 2.75) is 97.2 Å². The van der Waals surface area contributed by atoms with Crippen LogP contribution >= 0.6 is 0 Å². The second-order valence-electron chi connectivity index (χ2n) is 12.0. The van der Waals surface area contributed by atoms with Crippen molar-refractivity contribution in [3.8, 4) is 5.75 Å². The lowest BCUT2D eigenvalue weighted by atomic mass is 10.0. The minimum atomic E-state index is -0.555. The largest absolute Gasteiger partial charge is 0.489 e. The number of carbonyl (C=O) groups excluding carboxylic acids is 2. The molecule has 1 saturated heterocycles. The standard InChI is InChI=1S/C30H43N3O4/c1-21-17-24(31-28(35)37-30(5,6)7)19-33(21)26(27(34)32-29(2,3)4)18-22-13-15-25(16-14-22)36-20-23-11-9-8-10-12-23/h8-16,21,24,26H,17-20H2,1-7H3,(H,31,35)(H,32,34). The summed E-state index contributed by atoms with van der Waals surface area (Å²) in [6.07, 6.45) is 0.892. The summed E-state index contributed by atoms with van der Waals surface area (Å²) < 4.78 is 11.4. The first-order valence-electron chi connectivity index (χ1n) is 13.1. The molecule has 3 unspecified atom stereocenters. The van der Waals surface area contributed by atoms with E-state index in [-0.39, 0.29) is 29.6 Å². The highest BCUT2D eigenvalue weighted by molar-refractivity contribution is 5.83. The van der Waals surface area contributed by atoms with E-state index >= 15 is 0 Å². The van der Waals surface area contributed by atoms with E-state index in [0.717, 1.165) is 23.3 Å². The topological polar surface area (TPSA) is 79.9 Å². The number of alkyl carbamates (subject to hydrolysis) is 1. The Morgan fingerprint density at radius 1 is 0.973 bits per heavy atom. The summed E-state index contributed by atoms with van der Waals surface area (Å²) in [6.45, 7) is 14.7. The molecule has 2 amide bonds. The molecule has 3 rings (SSSR count). The second-order valence-corrected chi connectivity index (χ2v) is 12.0. The number of ether oxygens (including phenoxy) is 2. The van der Waals surface area contributed by atoms with E-state index in [1.54, 1.807) is 0 Å². The van der Waals surface area contributed by atoms with Gasteiger partial charge in [0.25, 0.3) is 0 Å². The fourth-order valence-corrected chi connectivity index (χ4v) is 4.57. The van der Waals surface area contributed by atoms with Gasteiger partial charge in [-0.1, -0.05) is 42.5 Å². The van der Waals surface area contributed by atoms with Gasteiger partial charge in [-0.15, -0.1) is 0 Å². The first-order valence-corrected chi connectivity index (χ1v) is 13.1. The lowest BCUT2D eigenvalue weighted by Gasteiger charge is -2.33. The number of hydrogen-bond donors (Lipinski definition) is 2. The van der Waals surface area contributed by atoms with Gasteiger partial charge in [0.05, 0.1) is 6.04 Å². The summed E-state index contributed by atoms with van der Waals surface area (Å²) in [5.74, 6) is 0.779. The van der Waals surface area contributed by atoms with Gasteiger partial charge in [-0.05, 0) is 84.6 Å². The number of benzene rings is 2. The van der Waals surface area contributed by atoms with Gasteiger partial charge in [0.15, 0.2) is 0 Å². The maximum atomic E-state index is 13.4. The van der Waals surface area contributed by atoms with Crippen LogP contribution in [0.5, 0.6) is 5.75 Å². The van der Waals surface area contributed by atoms with Crippen LogP contribution in [0.1, 0.15) is 66.0 Å². The van der Waals surface area contributed by atoms with Crippen LogP contribution in [0.4, 0.5) is 4.79 Å². The highest BCUT2D eigenvalue weighted by atomic mass is 16.6. The van der Waals surface area contributed by atoms with Gasteiger partial charge in [-0.2, -0.15) is 0 Å². The number of rotatable bonds is 8. The van der Waals surface area contributed by atoms with Crippen LogP contribution in [0.15, 0.2) is 54.6 Å². The number of carbonyl (C=O) groups is 2. The van der Waals surface area contributed by atoms with Crippen molar-refractivity contribution in [1.29, 1.82) is 0 Å². The van der Waals surface area contributed by atoms with Crippen molar-refractivity contribution >= 4 is 12.0 Å². The SMILES string of the molecule is CC1CC(NC(=O)OC(C)(C)C)CN1C(Cc1ccc(OCc2ccccc2)cc1)C(=O)NC(C)(C)C. The third-order valence-corrected chi connectivity index (χ3v) is 6.15. The van der Waals surface area contributed by atoms with E-state index in [1.807, 2.05) is 96.1 Å². The zero-order valence-electron chi connectivity index (χ0n) is 23.3. The van der Waals surface area contributed by atoms with E-state index < -0.39 is 11.7 Å². The molecular formula is C30H43N3O4. The van der Waals surface area contributed by atoms with Crippen molar-refractivity contribution in [3.63, 3.8) is 0 Å². The molecule has 0 aromatic heterocycles. The smallest absolute Gasteiger partial charge is 0.407 e. The predicted molar refractivity (Wildman–Crippen MR) is 147 cm³/mol. The number of hydrogen-bond acceptors (Lipinski definition) is 5. The Morgan fingerprint density at radius 2 is 1.62 bits per heavy atom. The molecule has 2 aromatic rings. The molecule has 0 radical (unpaired) electrons. The minimum Gasteiger partial charge on any atom is -0.489 e. The van der Waals surface area contributed by atoms with Crippen LogP contribution < -0.4 is 15.4 Å². The maximum Gasteiger partial charge on any atom is 0.407 e. The molecule has 0 aliphatic carbocycles. The molecule has 3 atom stereocenters. The molecule has 0 bridgehead atoms. The third kappa shape index (κ3) is 9.39. The van der Waals surface area contributed by atoms with Crippen molar-refractivity contribution in [1.82, 2.24) is 15.5 Å². The van der Waals surface area contributed by atoms with Gasteiger partial charge in [0, 0.05) is 24.2 Å². The minimum absolute atomic E-state index is 0.0123. The lowest BCUT2D eigenvalue weighted by Crippen LogP contribution is -2.54. The van der Waals surface area contributed by atoms with Gasteiger partial charge < -0.3 is 20.1 Å². The molecule has 37 heavy (non-hydrogen) atoms. The second kappa shape index (κ2) is 12.0. The lowest BCUT2D eigenvalue weighted by molar-refractivity contribution is -0.128. The first-order chi connectivity index (χ1) is 17.3. The van der Waals surface area contributed by atoms with Crippen LogP contribution in [0.2, 0.25) is 0 Å². The number of amides is 2. The zero-order valence-corrected chi connectivity index (χ0v) is 23.3. The van der Waals surface area contributed by atoms with Crippen LogP contribution in [0.25, 0.3) is 0 Å². The van der Waals surface area contributed by atoms with Crippen molar-refractivity contribution in [2.24, 2.45) is 0 Å². The normalized spacial score (nSPS) is 19.2. The van der Waals surface area contributed by atoms with E-state index in [4.69, 9.17) is 9.47 Å². The Bertz CT molecular complexity index is 1030. The van der Waals surface area contributed by atoms with Crippen molar-refractivity contribution in [2.75, 3.05) is 6.54 Å². The van der Waals surface area contributed by atoms with Crippen LogP contribution in [-0.4, -0.2) is 52.7 Å². The van der Waals surface area contributed by atoms with E-state index in [0.29, 0.717) is 19.6 Å². The molecule has 1 fully saturated rings. The van der Waals surface area contributed by atoms with Gasteiger partial charge in [-0.3, -0.25) is 9.69 Å². The van der Waals surface area contributed by atoms with Crippen LogP contribution in [0, 0.1) is 0 Å². The molecule has 0 spiro atoms. The van der Waals surface area contributed by atoms with Crippen LogP contribution in [0.3, 0.4) is 0 Å². The third-order valence-electron chi connectivity index (χ3n) is 6.15. The quantitative estimate of drug-likeness (QED) is 0.519. The first kappa shape index (κ1) is 28.5. The molecule has 7 nitrogen and oxygen atoms in total. The zero-order chi connectivity index (χ0) is 27.2. The van der Waals surface area contributed by atoms with E-state index in [9.17, 15) is 9.59 Å². The van der Waals surface area contributed by atoms with E-state index in [2.05, 4.69) is 22.5 Å². The van der Waals surface area contributed by atoms with E-state index in [1.165, 1.54) is 0 Å². The number of nitrogens with zero attached hydrogens (tertiary/aromatic N) is 1. The monoisotopic (exact) mass is 509 g/mol. The molecule has 0 saturated carbocycles. The Morgan fingerprint density at radius 3 is 2.22 bits per heavy atom. The molecule has 2 N–H and O–H groups in total. The Balaban J connectivity index is 1.68. The Kier molecular flexibility index (Phi) is 9.24. The summed E-state index contributed by atoms with van der Waals surface area (Å²) >= 11 is 0. The van der Waals surface area contributed by atoms with Gasteiger partial charge in [-0.25, -0.2) is 4.79 Å². The fraction of sp³-hybridized carbons (Fsp3) is 0.533. The molecule has 1 aliphatic rings. The average molecular weight is 510 g/mol. The summed E-state index contributed by atoms with van der Waals surface area (Å²) in [5.41, 5.74) is 1.27. The Labute approximate surface area is 221 Å². The Hall–Kier alpha value is -3.06. The summed E-state index contributed by atoms with van der Waals surface area (Å²) in [5, 5.41) is 6.14. The highest BCUT2D eigenvalue weighted by Crippen LogP contribution is 2.25. The van der Waals surface area contributed by atoms with Gasteiger partial charge >= 0.3 is 6.09 Å².